The molecule has 0 atom stereocenters. The molecule has 1 aromatic carbocycles. The summed E-state index contributed by atoms with van der Waals surface area (Å²) >= 11 is 0. The molecule has 90 valence electrons. The number of hydroxylamine groups is 1. The topological polar surface area (TPSA) is 56.1 Å². The first-order valence-electron chi connectivity index (χ1n) is 6.36. The van der Waals surface area contributed by atoms with E-state index >= 15 is 0 Å². The second-order valence-electron chi connectivity index (χ2n) is 5.32. The van der Waals surface area contributed by atoms with E-state index in [1.807, 2.05) is 5.48 Å². The number of rotatable bonds is 3. The van der Waals surface area contributed by atoms with Gasteiger partial charge in [0.05, 0.1) is 5.41 Å². The molecule has 0 heterocycles. The zero-order valence-electron chi connectivity index (χ0n) is 9.87. The summed E-state index contributed by atoms with van der Waals surface area (Å²) in [4.78, 5) is 0. The molecule has 1 aromatic rings. The first kappa shape index (κ1) is 10.8. The van der Waals surface area contributed by atoms with Crippen molar-refractivity contribution in [2.24, 2.45) is 0 Å². The molecule has 0 unspecified atom stereocenters. The lowest BCUT2D eigenvalue weighted by Gasteiger charge is -2.26. The highest BCUT2D eigenvalue weighted by Crippen LogP contribution is 2.49. The Bertz CT molecular complexity index is 430. The summed E-state index contributed by atoms with van der Waals surface area (Å²) < 4.78 is 0. The van der Waals surface area contributed by atoms with Crippen molar-refractivity contribution in [3.05, 3.63) is 35.4 Å². The maximum Gasteiger partial charge on any atom is 0.128 e. The molecule has 0 aromatic heterocycles. The first-order chi connectivity index (χ1) is 8.26. The lowest BCUT2D eigenvalue weighted by Crippen LogP contribution is -2.31. The fourth-order valence-electron chi connectivity index (χ4n) is 2.73. The fraction of sp³-hybridized carbons (Fsp3) is 0.500. The molecule has 2 aliphatic carbocycles. The Morgan fingerprint density at radius 3 is 2.29 bits per heavy atom. The maximum absolute atomic E-state index is 8.89. The summed E-state index contributed by atoms with van der Waals surface area (Å²) in [6.07, 6.45) is 5.91. The van der Waals surface area contributed by atoms with Gasteiger partial charge in [-0.15, -0.1) is 0 Å². The Balaban J connectivity index is 1.82. The Kier molecular flexibility index (Phi) is 2.44. The third kappa shape index (κ3) is 1.65. The van der Waals surface area contributed by atoms with Crippen LogP contribution in [0.15, 0.2) is 24.3 Å². The molecule has 0 radical (unpaired) electrons. The average molecular weight is 230 g/mol. The van der Waals surface area contributed by atoms with Crippen LogP contribution in [0, 0.1) is 5.41 Å². The number of benzene rings is 1. The minimum atomic E-state index is -0.229. The molecule has 0 spiro atoms. The highest BCUT2D eigenvalue weighted by atomic mass is 16.5. The van der Waals surface area contributed by atoms with Crippen molar-refractivity contribution in [3.8, 4) is 0 Å². The van der Waals surface area contributed by atoms with Crippen LogP contribution in [0.5, 0.6) is 0 Å². The third-order valence-electron chi connectivity index (χ3n) is 4.38. The van der Waals surface area contributed by atoms with Crippen molar-refractivity contribution in [1.29, 1.82) is 5.41 Å². The van der Waals surface area contributed by atoms with Gasteiger partial charge in [0.1, 0.15) is 5.84 Å². The van der Waals surface area contributed by atoms with Crippen LogP contribution in [0.1, 0.15) is 49.1 Å². The van der Waals surface area contributed by atoms with Crippen molar-refractivity contribution in [3.63, 3.8) is 0 Å². The lowest BCUT2D eigenvalue weighted by atomic mass is 9.79. The van der Waals surface area contributed by atoms with E-state index in [1.165, 1.54) is 24.8 Å². The molecule has 3 heteroatoms. The monoisotopic (exact) mass is 230 g/mol. The van der Waals surface area contributed by atoms with Crippen molar-refractivity contribution >= 4 is 5.84 Å². The minimum Gasteiger partial charge on any atom is -0.290 e. The van der Waals surface area contributed by atoms with Gasteiger partial charge in [-0.25, -0.2) is 0 Å². The second kappa shape index (κ2) is 3.84. The van der Waals surface area contributed by atoms with Gasteiger partial charge in [-0.1, -0.05) is 30.7 Å². The molecule has 2 aliphatic rings. The molecule has 0 amide bonds. The van der Waals surface area contributed by atoms with Gasteiger partial charge in [-0.05, 0) is 42.7 Å². The summed E-state index contributed by atoms with van der Waals surface area (Å²) in [7, 11) is 0. The molecular formula is C14H18N2O. The van der Waals surface area contributed by atoms with Crippen LogP contribution in [0.25, 0.3) is 0 Å². The number of hydrogen-bond donors (Lipinski definition) is 3. The lowest BCUT2D eigenvalue weighted by molar-refractivity contribution is 0.228. The van der Waals surface area contributed by atoms with E-state index in [-0.39, 0.29) is 11.3 Å². The van der Waals surface area contributed by atoms with Gasteiger partial charge in [0.25, 0.3) is 0 Å². The normalized spacial score (nSPS) is 21.7. The first-order valence-corrected chi connectivity index (χ1v) is 6.36. The predicted molar refractivity (Wildman–Crippen MR) is 66.6 cm³/mol. The number of nitrogens with one attached hydrogen (secondary N) is 2. The molecule has 17 heavy (non-hydrogen) atoms. The molecule has 3 N–H and O–H groups in total. The zero-order valence-corrected chi connectivity index (χ0v) is 9.87. The highest BCUT2D eigenvalue weighted by Gasteiger charge is 2.48. The SMILES string of the molecule is N=C(NO)C1(c2ccc(C3CCC3)cc2)CC1. The van der Waals surface area contributed by atoms with Crippen LogP contribution in [0.4, 0.5) is 0 Å². The van der Waals surface area contributed by atoms with Crippen molar-refractivity contribution in [2.45, 2.75) is 43.4 Å². The highest BCUT2D eigenvalue weighted by molar-refractivity contribution is 5.92. The summed E-state index contributed by atoms with van der Waals surface area (Å²) in [5, 5.41) is 16.7. The van der Waals surface area contributed by atoms with Crippen LogP contribution in [-0.2, 0) is 5.41 Å². The van der Waals surface area contributed by atoms with E-state index in [0.29, 0.717) is 0 Å². The van der Waals surface area contributed by atoms with E-state index in [0.717, 1.165) is 24.3 Å². The molecule has 0 saturated heterocycles. The van der Waals surface area contributed by atoms with E-state index in [4.69, 9.17) is 10.6 Å². The summed E-state index contributed by atoms with van der Waals surface area (Å²) in [5.41, 5.74) is 4.37. The Hall–Kier alpha value is -1.35. The van der Waals surface area contributed by atoms with Gasteiger partial charge in [-0.3, -0.25) is 16.1 Å². The third-order valence-corrected chi connectivity index (χ3v) is 4.38. The van der Waals surface area contributed by atoms with E-state index < -0.39 is 0 Å². The van der Waals surface area contributed by atoms with Crippen LogP contribution in [0.2, 0.25) is 0 Å². The maximum atomic E-state index is 8.89. The summed E-state index contributed by atoms with van der Waals surface area (Å²) in [6, 6.07) is 8.66. The smallest absolute Gasteiger partial charge is 0.128 e. The van der Waals surface area contributed by atoms with E-state index in [1.54, 1.807) is 0 Å². The summed E-state index contributed by atoms with van der Waals surface area (Å²) in [6.45, 7) is 0. The van der Waals surface area contributed by atoms with Gasteiger partial charge in [0.15, 0.2) is 0 Å². The molecule has 0 aliphatic heterocycles. The Labute approximate surface area is 101 Å². The quantitative estimate of drug-likeness (QED) is 0.425. The van der Waals surface area contributed by atoms with Gasteiger partial charge in [-0.2, -0.15) is 0 Å². The van der Waals surface area contributed by atoms with Crippen molar-refractivity contribution in [1.82, 2.24) is 5.48 Å². The number of amidine groups is 1. The van der Waals surface area contributed by atoms with Gasteiger partial charge >= 0.3 is 0 Å². The van der Waals surface area contributed by atoms with Gasteiger partial charge in [0, 0.05) is 0 Å². The minimum absolute atomic E-state index is 0.229. The number of hydrogen-bond acceptors (Lipinski definition) is 2. The largest absolute Gasteiger partial charge is 0.290 e. The van der Waals surface area contributed by atoms with Crippen molar-refractivity contribution < 1.29 is 5.21 Å². The van der Waals surface area contributed by atoms with Gasteiger partial charge < -0.3 is 0 Å². The molecule has 0 bridgehead atoms. The molecule has 2 saturated carbocycles. The van der Waals surface area contributed by atoms with E-state index in [9.17, 15) is 0 Å². The molecular weight excluding hydrogens is 212 g/mol. The van der Waals surface area contributed by atoms with Crippen LogP contribution in [0.3, 0.4) is 0 Å². The Morgan fingerprint density at radius 1 is 1.24 bits per heavy atom. The second-order valence-corrected chi connectivity index (χ2v) is 5.32. The Morgan fingerprint density at radius 2 is 1.88 bits per heavy atom. The fourth-order valence-corrected chi connectivity index (χ4v) is 2.73. The van der Waals surface area contributed by atoms with E-state index in [2.05, 4.69) is 24.3 Å². The molecule has 2 fully saturated rings. The molecule has 3 rings (SSSR count). The molecule has 3 nitrogen and oxygen atoms in total. The summed E-state index contributed by atoms with van der Waals surface area (Å²) in [5.74, 6) is 0.989. The van der Waals surface area contributed by atoms with Crippen LogP contribution in [-0.4, -0.2) is 11.0 Å². The van der Waals surface area contributed by atoms with Crippen LogP contribution < -0.4 is 5.48 Å². The predicted octanol–water partition coefficient (Wildman–Crippen LogP) is 2.94. The van der Waals surface area contributed by atoms with Crippen LogP contribution >= 0.6 is 0 Å². The standard InChI is InChI=1S/C14H18N2O/c15-13(16-17)14(8-9-14)12-6-4-11(5-7-12)10-2-1-3-10/h4-7,10,17H,1-3,8-9H2,(H2,15,16). The average Bonchev–Trinajstić information content (AvgIpc) is 3.08. The van der Waals surface area contributed by atoms with Gasteiger partial charge in [0.2, 0.25) is 0 Å². The zero-order chi connectivity index (χ0) is 11.9. The van der Waals surface area contributed by atoms with Crippen molar-refractivity contribution in [2.75, 3.05) is 0 Å².